The molecule has 36 heavy (non-hydrogen) atoms. The molecule has 0 saturated heterocycles. The van der Waals surface area contributed by atoms with Gasteiger partial charge < -0.3 is 9.47 Å². The first-order valence-electron chi connectivity index (χ1n) is 11.3. The van der Waals surface area contributed by atoms with Crippen LogP contribution in [0.1, 0.15) is 43.1 Å². The van der Waals surface area contributed by atoms with Gasteiger partial charge in [0, 0.05) is 27.0 Å². The maximum absolute atomic E-state index is 13.6. The number of benzene rings is 3. The van der Waals surface area contributed by atoms with E-state index in [2.05, 4.69) is 21.0 Å². The van der Waals surface area contributed by atoms with Crippen LogP contribution in [-0.2, 0) is 6.61 Å². The Kier molecular flexibility index (Phi) is 8.06. The van der Waals surface area contributed by atoms with Gasteiger partial charge in [-0.25, -0.2) is 9.37 Å². The number of nitrogens with zero attached hydrogens (tertiary/aromatic N) is 3. The maximum atomic E-state index is 13.6. The van der Waals surface area contributed by atoms with Gasteiger partial charge in [-0.15, -0.1) is 0 Å². The van der Waals surface area contributed by atoms with Gasteiger partial charge in [-0.1, -0.05) is 53.5 Å². The van der Waals surface area contributed by atoms with Gasteiger partial charge in [0.05, 0.1) is 24.2 Å². The third-order valence-electron chi connectivity index (χ3n) is 5.74. The molecule has 0 fully saturated rings. The van der Waals surface area contributed by atoms with Gasteiger partial charge in [-0.2, -0.15) is 9.78 Å². The SMILES string of the molecule is CC[C@H](C)c1nc2ccc(Br)cc2c(=O)n1N=Cc1cc(Cl)cc(OC)c1OCc1cccc(F)c1. The van der Waals surface area contributed by atoms with Crippen molar-refractivity contribution in [3.05, 3.63) is 97.2 Å². The Labute approximate surface area is 221 Å². The smallest absolute Gasteiger partial charge is 0.282 e. The molecule has 0 amide bonds. The summed E-state index contributed by atoms with van der Waals surface area (Å²) >= 11 is 9.74. The first kappa shape index (κ1) is 25.9. The van der Waals surface area contributed by atoms with Crippen molar-refractivity contribution < 1.29 is 13.9 Å². The zero-order valence-corrected chi connectivity index (χ0v) is 22.3. The summed E-state index contributed by atoms with van der Waals surface area (Å²) < 4.78 is 27.2. The first-order chi connectivity index (χ1) is 17.3. The van der Waals surface area contributed by atoms with Crippen LogP contribution < -0.4 is 15.0 Å². The van der Waals surface area contributed by atoms with Crippen molar-refractivity contribution in [2.24, 2.45) is 5.10 Å². The minimum Gasteiger partial charge on any atom is -0.493 e. The number of rotatable bonds is 8. The molecule has 0 unspecified atom stereocenters. The second kappa shape index (κ2) is 11.2. The zero-order valence-electron chi connectivity index (χ0n) is 20.0. The number of fused-ring (bicyclic) bond motifs is 1. The molecule has 1 aromatic heterocycles. The highest BCUT2D eigenvalue weighted by molar-refractivity contribution is 9.10. The molecule has 0 radical (unpaired) electrons. The van der Waals surface area contributed by atoms with Crippen molar-refractivity contribution in [1.29, 1.82) is 0 Å². The second-order valence-electron chi connectivity index (χ2n) is 8.25. The van der Waals surface area contributed by atoms with E-state index >= 15 is 0 Å². The molecule has 0 saturated carbocycles. The Morgan fingerprint density at radius 1 is 1.22 bits per heavy atom. The van der Waals surface area contributed by atoms with Crippen molar-refractivity contribution >= 4 is 44.6 Å². The fraction of sp³-hybridized carbons (Fsp3) is 0.222. The summed E-state index contributed by atoms with van der Waals surface area (Å²) in [5.74, 6) is 0.929. The molecular formula is C27H24BrClFN3O3. The second-order valence-corrected chi connectivity index (χ2v) is 9.60. The van der Waals surface area contributed by atoms with E-state index in [4.69, 9.17) is 26.1 Å². The van der Waals surface area contributed by atoms with Crippen molar-refractivity contribution in [2.45, 2.75) is 32.8 Å². The lowest BCUT2D eigenvalue weighted by atomic mass is 10.1. The van der Waals surface area contributed by atoms with Gasteiger partial charge in [0.15, 0.2) is 11.5 Å². The molecule has 186 valence electrons. The van der Waals surface area contributed by atoms with Gasteiger partial charge in [-0.3, -0.25) is 4.79 Å². The molecule has 0 aliphatic rings. The lowest BCUT2D eigenvalue weighted by Crippen LogP contribution is -2.23. The van der Waals surface area contributed by atoms with Crippen molar-refractivity contribution in [3.63, 3.8) is 0 Å². The lowest BCUT2D eigenvalue weighted by molar-refractivity contribution is 0.283. The molecule has 0 aliphatic heterocycles. The van der Waals surface area contributed by atoms with E-state index in [9.17, 15) is 9.18 Å². The summed E-state index contributed by atoms with van der Waals surface area (Å²) in [7, 11) is 1.50. The van der Waals surface area contributed by atoms with Gasteiger partial charge in [0.25, 0.3) is 5.56 Å². The van der Waals surface area contributed by atoms with E-state index in [0.29, 0.717) is 44.4 Å². The fourth-order valence-electron chi connectivity index (χ4n) is 3.67. The highest BCUT2D eigenvalue weighted by Gasteiger charge is 2.17. The third-order valence-corrected chi connectivity index (χ3v) is 6.45. The van der Waals surface area contributed by atoms with E-state index < -0.39 is 0 Å². The minimum atomic E-state index is -0.353. The third kappa shape index (κ3) is 5.60. The van der Waals surface area contributed by atoms with Gasteiger partial charge in [0.1, 0.15) is 18.2 Å². The summed E-state index contributed by atoms with van der Waals surface area (Å²) in [6, 6.07) is 14.8. The summed E-state index contributed by atoms with van der Waals surface area (Å²) in [4.78, 5) is 18.2. The Bertz CT molecular complexity index is 1510. The average Bonchev–Trinajstić information content (AvgIpc) is 2.86. The van der Waals surface area contributed by atoms with E-state index in [0.717, 1.165) is 10.9 Å². The zero-order chi connectivity index (χ0) is 25.8. The molecule has 0 bridgehead atoms. The fourth-order valence-corrected chi connectivity index (χ4v) is 4.25. The van der Waals surface area contributed by atoms with Gasteiger partial charge in [-0.05, 0) is 48.4 Å². The molecule has 0 N–H and O–H groups in total. The number of ether oxygens (including phenoxy) is 2. The largest absolute Gasteiger partial charge is 0.493 e. The highest BCUT2D eigenvalue weighted by atomic mass is 79.9. The van der Waals surface area contributed by atoms with Crippen LogP contribution in [0, 0.1) is 5.82 Å². The summed E-state index contributed by atoms with van der Waals surface area (Å²) in [5, 5.41) is 5.37. The lowest BCUT2D eigenvalue weighted by Gasteiger charge is -2.15. The molecule has 0 spiro atoms. The van der Waals surface area contributed by atoms with Crippen LogP contribution in [0.5, 0.6) is 11.5 Å². The molecule has 4 rings (SSSR count). The molecule has 4 aromatic rings. The first-order valence-corrected chi connectivity index (χ1v) is 12.5. The quantitative estimate of drug-likeness (QED) is 0.215. The van der Waals surface area contributed by atoms with E-state index in [1.54, 1.807) is 36.4 Å². The van der Waals surface area contributed by atoms with Crippen LogP contribution in [0.4, 0.5) is 4.39 Å². The van der Waals surface area contributed by atoms with Crippen molar-refractivity contribution in [2.75, 3.05) is 7.11 Å². The van der Waals surface area contributed by atoms with Gasteiger partial charge >= 0.3 is 0 Å². The van der Waals surface area contributed by atoms with Crippen LogP contribution in [0.2, 0.25) is 5.02 Å². The van der Waals surface area contributed by atoms with Crippen LogP contribution in [-0.4, -0.2) is 23.0 Å². The summed E-state index contributed by atoms with van der Waals surface area (Å²) in [6.45, 7) is 4.12. The van der Waals surface area contributed by atoms with E-state index in [1.807, 2.05) is 19.9 Å². The Morgan fingerprint density at radius 2 is 2.03 bits per heavy atom. The number of hydrogen-bond acceptors (Lipinski definition) is 5. The van der Waals surface area contributed by atoms with Gasteiger partial charge in [0.2, 0.25) is 0 Å². The Balaban J connectivity index is 1.81. The molecule has 1 heterocycles. The van der Waals surface area contributed by atoms with Crippen LogP contribution in [0.15, 0.2) is 69.0 Å². The summed E-state index contributed by atoms with van der Waals surface area (Å²) in [5.41, 5.74) is 1.46. The number of halogens is 3. The van der Waals surface area contributed by atoms with Crippen molar-refractivity contribution in [3.8, 4) is 11.5 Å². The standard InChI is InChI=1S/C27H24BrClFN3O3/c1-4-16(2)26-32-23-9-8-19(28)12-22(23)27(34)33(26)31-14-18-11-20(29)13-24(35-3)25(18)36-15-17-6-5-7-21(30)10-17/h5-14,16H,4,15H2,1-3H3/t16-/m0/s1. The normalized spacial score (nSPS) is 12.3. The van der Waals surface area contributed by atoms with Crippen LogP contribution in [0.25, 0.3) is 10.9 Å². The Hall–Kier alpha value is -3.23. The topological polar surface area (TPSA) is 65.7 Å². The number of methoxy groups -OCH3 is 1. The predicted molar refractivity (Wildman–Crippen MR) is 144 cm³/mol. The predicted octanol–water partition coefficient (Wildman–Crippen LogP) is 6.93. The molecule has 6 nitrogen and oxygen atoms in total. The Morgan fingerprint density at radius 3 is 2.75 bits per heavy atom. The number of aromatic nitrogens is 2. The molecule has 3 aromatic carbocycles. The van der Waals surface area contributed by atoms with Crippen LogP contribution in [0.3, 0.4) is 0 Å². The monoisotopic (exact) mass is 571 g/mol. The highest BCUT2D eigenvalue weighted by Crippen LogP contribution is 2.34. The molecule has 1 atom stereocenters. The van der Waals surface area contributed by atoms with Crippen molar-refractivity contribution in [1.82, 2.24) is 9.66 Å². The van der Waals surface area contributed by atoms with E-state index in [-0.39, 0.29) is 23.9 Å². The maximum Gasteiger partial charge on any atom is 0.282 e. The van der Waals surface area contributed by atoms with E-state index in [1.165, 1.54) is 30.1 Å². The average molecular weight is 573 g/mol. The molecular weight excluding hydrogens is 549 g/mol. The molecule has 9 heteroatoms. The molecule has 0 aliphatic carbocycles. The summed E-state index contributed by atoms with van der Waals surface area (Å²) in [6.07, 6.45) is 2.27. The van der Waals surface area contributed by atoms with Crippen LogP contribution >= 0.6 is 27.5 Å². The number of hydrogen-bond donors (Lipinski definition) is 0. The minimum absolute atomic E-state index is 0.0134.